The van der Waals surface area contributed by atoms with Gasteiger partial charge in [0.2, 0.25) is 15.9 Å². The van der Waals surface area contributed by atoms with E-state index in [1.165, 1.54) is 31.8 Å². The summed E-state index contributed by atoms with van der Waals surface area (Å²) in [5, 5.41) is 3.22. The molecule has 1 saturated heterocycles. The van der Waals surface area contributed by atoms with Crippen LogP contribution in [0, 0.1) is 5.92 Å². The Labute approximate surface area is 184 Å². The molecule has 0 unspecified atom stereocenters. The predicted molar refractivity (Wildman–Crippen MR) is 118 cm³/mol. The van der Waals surface area contributed by atoms with Gasteiger partial charge in [0.25, 0.3) is 0 Å². The lowest BCUT2D eigenvalue weighted by molar-refractivity contribution is -0.120. The van der Waals surface area contributed by atoms with Crippen molar-refractivity contribution in [3.05, 3.63) is 52.0 Å². The fraction of sp³-hybridized carbons (Fsp3) is 0.350. The molecule has 0 spiro atoms. The standard InChI is InChI=1S/C20H22ClN5O4S/c1-24-16-5-4-15(11-17(16)25(2)20(24)28)31(29,30)26-9-7-13(8-10-26)19(27)23-18-6-3-14(21)12-22-18/h3-6,11-13H,7-10H2,1-2H3,(H,22,23,27). The second-order valence-corrected chi connectivity index (χ2v) is 9.95. The summed E-state index contributed by atoms with van der Waals surface area (Å²) in [6, 6.07) is 7.94. The Morgan fingerprint density at radius 3 is 2.42 bits per heavy atom. The van der Waals surface area contributed by atoms with Crippen LogP contribution in [0.1, 0.15) is 12.8 Å². The molecule has 3 aromatic rings. The molecule has 164 valence electrons. The normalized spacial score (nSPS) is 16.0. The molecule has 1 aliphatic rings. The van der Waals surface area contributed by atoms with Gasteiger partial charge < -0.3 is 5.32 Å². The Bertz CT molecular complexity index is 1310. The molecule has 3 heterocycles. The van der Waals surface area contributed by atoms with Gasteiger partial charge >= 0.3 is 5.69 Å². The lowest BCUT2D eigenvalue weighted by Crippen LogP contribution is -2.41. The Morgan fingerprint density at radius 1 is 1.10 bits per heavy atom. The van der Waals surface area contributed by atoms with Crippen LogP contribution in [-0.4, -0.2) is 45.8 Å². The number of carbonyl (C=O) groups excluding carboxylic acids is 1. The summed E-state index contributed by atoms with van der Waals surface area (Å²) in [7, 11) is -0.478. The highest BCUT2D eigenvalue weighted by Gasteiger charge is 2.32. The zero-order valence-corrected chi connectivity index (χ0v) is 18.7. The van der Waals surface area contributed by atoms with Crippen molar-refractivity contribution < 1.29 is 13.2 Å². The van der Waals surface area contributed by atoms with Gasteiger partial charge in [-0.3, -0.25) is 13.9 Å². The summed E-state index contributed by atoms with van der Waals surface area (Å²) in [6.07, 6.45) is 2.27. The van der Waals surface area contributed by atoms with E-state index in [9.17, 15) is 18.0 Å². The first-order valence-corrected chi connectivity index (χ1v) is 11.6. The number of halogens is 1. The second kappa shape index (κ2) is 8.10. The smallest absolute Gasteiger partial charge is 0.310 e. The number of carbonyl (C=O) groups is 1. The predicted octanol–water partition coefficient (Wildman–Crippen LogP) is 1.96. The van der Waals surface area contributed by atoms with Crippen LogP contribution < -0.4 is 11.0 Å². The summed E-state index contributed by atoms with van der Waals surface area (Å²) in [4.78, 5) is 28.8. The van der Waals surface area contributed by atoms with Gasteiger partial charge in [0, 0.05) is 39.3 Å². The molecule has 1 N–H and O–H groups in total. The fourth-order valence-corrected chi connectivity index (χ4v) is 5.43. The van der Waals surface area contributed by atoms with Crippen molar-refractivity contribution in [2.75, 3.05) is 18.4 Å². The van der Waals surface area contributed by atoms with Gasteiger partial charge in [-0.05, 0) is 43.2 Å². The first kappa shape index (κ1) is 21.5. The zero-order chi connectivity index (χ0) is 22.3. The highest BCUT2D eigenvalue weighted by Crippen LogP contribution is 2.26. The second-order valence-electron chi connectivity index (χ2n) is 7.58. The van der Waals surface area contributed by atoms with E-state index in [0.717, 1.165) is 0 Å². The van der Waals surface area contributed by atoms with Gasteiger partial charge in [0.05, 0.1) is 21.0 Å². The Balaban J connectivity index is 1.47. The van der Waals surface area contributed by atoms with Crippen LogP contribution in [0.15, 0.2) is 46.2 Å². The van der Waals surface area contributed by atoms with Crippen LogP contribution >= 0.6 is 11.6 Å². The molecule has 0 aliphatic carbocycles. The van der Waals surface area contributed by atoms with E-state index < -0.39 is 10.0 Å². The Hall–Kier alpha value is -2.69. The number of hydrogen-bond acceptors (Lipinski definition) is 5. The quantitative estimate of drug-likeness (QED) is 0.636. The van der Waals surface area contributed by atoms with Crippen molar-refractivity contribution in [3.8, 4) is 0 Å². The van der Waals surface area contributed by atoms with Crippen LogP contribution in [0.4, 0.5) is 5.82 Å². The molecule has 1 aliphatic heterocycles. The van der Waals surface area contributed by atoms with Gasteiger partial charge in [-0.15, -0.1) is 0 Å². The molecular weight excluding hydrogens is 442 g/mol. The molecule has 1 amide bonds. The average Bonchev–Trinajstić information content (AvgIpc) is 2.99. The molecule has 0 saturated carbocycles. The lowest BCUT2D eigenvalue weighted by Gasteiger charge is -2.30. The number of pyridine rings is 1. The Morgan fingerprint density at radius 2 is 1.77 bits per heavy atom. The number of piperidine rings is 1. The zero-order valence-electron chi connectivity index (χ0n) is 17.1. The highest BCUT2D eigenvalue weighted by molar-refractivity contribution is 7.89. The molecule has 0 bridgehead atoms. The number of nitrogens with zero attached hydrogens (tertiary/aromatic N) is 4. The largest absolute Gasteiger partial charge is 0.328 e. The molecule has 2 aromatic heterocycles. The summed E-state index contributed by atoms with van der Waals surface area (Å²) >= 11 is 5.80. The van der Waals surface area contributed by atoms with E-state index in [-0.39, 0.29) is 35.5 Å². The highest BCUT2D eigenvalue weighted by atomic mass is 35.5. The van der Waals surface area contributed by atoms with Crippen molar-refractivity contribution in [3.63, 3.8) is 0 Å². The van der Waals surface area contributed by atoms with Gasteiger partial charge in [-0.25, -0.2) is 18.2 Å². The van der Waals surface area contributed by atoms with Gasteiger partial charge in [-0.2, -0.15) is 4.31 Å². The number of sulfonamides is 1. The first-order chi connectivity index (χ1) is 14.7. The molecule has 4 rings (SSSR count). The number of fused-ring (bicyclic) bond motifs is 1. The van der Waals surface area contributed by atoms with E-state index in [1.54, 1.807) is 32.3 Å². The summed E-state index contributed by atoms with van der Waals surface area (Å²) in [5.41, 5.74) is 1.00. The first-order valence-electron chi connectivity index (χ1n) is 9.76. The van der Waals surface area contributed by atoms with Crippen molar-refractivity contribution in [1.82, 2.24) is 18.4 Å². The number of anilines is 1. The Kier molecular flexibility index (Phi) is 5.63. The minimum absolute atomic E-state index is 0.134. The van der Waals surface area contributed by atoms with E-state index in [2.05, 4.69) is 10.3 Å². The summed E-state index contributed by atoms with van der Waals surface area (Å²) in [6.45, 7) is 0.473. The number of rotatable bonds is 4. The molecular formula is C20H22ClN5O4S. The third kappa shape index (κ3) is 3.98. The van der Waals surface area contributed by atoms with E-state index >= 15 is 0 Å². The van der Waals surface area contributed by atoms with Crippen molar-refractivity contribution in [2.45, 2.75) is 17.7 Å². The maximum absolute atomic E-state index is 13.1. The number of aromatic nitrogens is 3. The fourth-order valence-electron chi connectivity index (χ4n) is 3.83. The van der Waals surface area contributed by atoms with Crippen LogP contribution in [0.5, 0.6) is 0 Å². The van der Waals surface area contributed by atoms with Gasteiger partial charge in [0.15, 0.2) is 0 Å². The minimum Gasteiger partial charge on any atom is -0.310 e. The van der Waals surface area contributed by atoms with Crippen LogP contribution in [-0.2, 0) is 28.9 Å². The van der Waals surface area contributed by atoms with Crippen molar-refractivity contribution >= 4 is 44.4 Å². The third-order valence-electron chi connectivity index (χ3n) is 5.68. The number of nitrogens with one attached hydrogen (secondary N) is 1. The van der Waals surface area contributed by atoms with Crippen LogP contribution in [0.3, 0.4) is 0 Å². The molecule has 1 fully saturated rings. The van der Waals surface area contributed by atoms with E-state index in [0.29, 0.717) is 34.7 Å². The SMILES string of the molecule is Cn1c(=O)n(C)c2cc(S(=O)(=O)N3CCC(C(=O)Nc4ccc(Cl)cn4)CC3)ccc21. The van der Waals surface area contributed by atoms with Crippen LogP contribution in [0.2, 0.25) is 5.02 Å². The maximum Gasteiger partial charge on any atom is 0.328 e. The van der Waals surface area contributed by atoms with Crippen molar-refractivity contribution in [1.29, 1.82) is 0 Å². The number of amides is 1. The van der Waals surface area contributed by atoms with E-state index in [1.807, 2.05) is 0 Å². The minimum atomic E-state index is -3.74. The number of imidazole rings is 1. The molecule has 11 heteroatoms. The molecule has 0 radical (unpaired) electrons. The van der Waals surface area contributed by atoms with E-state index in [4.69, 9.17) is 11.6 Å². The summed E-state index contributed by atoms with van der Waals surface area (Å²) in [5.74, 6) is -0.0832. The number of hydrogen-bond donors (Lipinski definition) is 1. The number of aryl methyl sites for hydroxylation is 2. The molecule has 0 atom stereocenters. The molecule has 9 nitrogen and oxygen atoms in total. The molecule has 1 aromatic carbocycles. The summed E-state index contributed by atoms with van der Waals surface area (Å²) < 4.78 is 30.6. The average molecular weight is 464 g/mol. The van der Waals surface area contributed by atoms with Gasteiger partial charge in [0.1, 0.15) is 5.82 Å². The monoisotopic (exact) mass is 463 g/mol. The lowest BCUT2D eigenvalue weighted by atomic mass is 9.97. The molecule has 31 heavy (non-hydrogen) atoms. The van der Waals surface area contributed by atoms with Crippen LogP contribution in [0.25, 0.3) is 11.0 Å². The van der Waals surface area contributed by atoms with Crippen molar-refractivity contribution in [2.24, 2.45) is 20.0 Å². The van der Waals surface area contributed by atoms with Gasteiger partial charge in [-0.1, -0.05) is 11.6 Å². The number of benzene rings is 1. The maximum atomic E-state index is 13.1. The topological polar surface area (TPSA) is 106 Å². The third-order valence-corrected chi connectivity index (χ3v) is 7.80.